The summed E-state index contributed by atoms with van der Waals surface area (Å²) < 4.78 is 0. The van der Waals surface area contributed by atoms with Gasteiger partial charge >= 0.3 is 5.69 Å². The molecule has 1 aliphatic heterocycles. The van der Waals surface area contributed by atoms with Crippen molar-refractivity contribution < 1.29 is 15.0 Å². The number of anilines is 1. The summed E-state index contributed by atoms with van der Waals surface area (Å²) in [7, 11) is 0. The lowest BCUT2D eigenvalue weighted by Gasteiger charge is -2.15. The lowest BCUT2D eigenvalue weighted by molar-refractivity contribution is -0.394. The van der Waals surface area contributed by atoms with Crippen LogP contribution in [0, 0.1) is 20.2 Å². The first-order valence-electron chi connectivity index (χ1n) is 5.21. The molecule has 96 valence electrons. The highest BCUT2D eigenvalue weighted by atomic mass is 16.6. The van der Waals surface area contributed by atoms with Crippen LogP contribution in [0.2, 0.25) is 0 Å². The van der Waals surface area contributed by atoms with Crippen molar-refractivity contribution in [3.8, 4) is 0 Å². The number of pyridine rings is 1. The molecule has 0 spiro atoms. The van der Waals surface area contributed by atoms with Crippen LogP contribution in [-0.2, 0) is 0 Å². The molecule has 0 saturated carbocycles. The Balaban J connectivity index is 2.41. The molecule has 1 aromatic rings. The van der Waals surface area contributed by atoms with Crippen LogP contribution in [0.25, 0.3) is 0 Å². The summed E-state index contributed by atoms with van der Waals surface area (Å²) >= 11 is 0. The van der Waals surface area contributed by atoms with Gasteiger partial charge in [-0.1, -0.05) is 0 Å². The quantitative estimate of drug-likeness (QED) is 0.614. The first-order valence-corrected chi connectivity index (χ1v) is 5.21. The third kappa shape index (κ3) is 2.20. The Morgan fingerprint density at radius 3 is 2.61 bits per heavy atom. The molecule has 0 radical (unpaired) electrons. The first kappa shape index (κ1) is 12.2. The Labute approximate surface area is 101 Å². The number of nitrogens with zero attached hydrogens (tertiary/aromatic N) is 4. The molecule has 0 aliphatic carbocycles. The topological polar surface area (TPSA) is 123 Å². The minimum Gasteiger partial charge on any atom is -0.391 e. The van der Waals surface area contributed by atoms with Gasteiger partial charge < -0.3 is 10.0 Å². The normalized spacial score (nSPS) is 18.9. The highest BCUT2D eigenvalue weighted by Crippen LogP contribution is 2.31. The van der Waals surface area contributed by atoms with E-state index in [2.05, 4.69) is 4.98 Å². The van der Waals surface area contributed by atoms with Gasteiger partial charge in [-0.15, -0.1) is 0 Å². The Morgan fingerprint density at radius 1 is 1.39 bits per heavy atom. The van der Waals surface area contributed by atoms with Crippen molar-refractivity contribution in [3.05, 3.63) is 32.5 Å². The van der Waals surface area contributed by atoms with Gasteiger partial charge in [0.15, 0.2) is 0 Å². The number of nitro groups is 2. The van der Waals surface area contributed by atoms with Gasteiger partial charge in [-0.2, -0.15) is 0 Å². The number of β-amino-alcohol motifs (C(OH)–C–C–N with tert-alkyl or cyclic N) is 1. The van der Waals surface area contributed by atoms with Crippen molar-refractivity contribution in [1.29, 1.82) is 0 Å². The number of aliphatic hydroxyl groups excluding tert-OH is 1. The van der Waals surface area contributed by atoms with Crippen molar-refractivity contribution in [2.75, 3.05) is 18.0 Å². The number of hydrogen-bond acceptors (Lipinski definition) is 7. The lowest BCUT2D eigenvalue weighted by Crippen LogP contribution is -2.23. The highest BCUT2D eigenvalue weighted by molar-refractivity contribution is 5.61. The van der Waals surface area contributed by atoms with Crippen LogP contribution in [0.15, 0.2) is 12.3 Å². The van der Waals surface area contributed by atoms with E-state index < -0.39 is 27.3 Å². The lowest BCUT2D eigenvalue weighted by atomic mass is 10.3. The molecular weight excluding hydrogens is 244 g/mol. The van der Waals surface area contributed by atoms with Crippen LogP contribution in [0.4, 0.5) is 17.2 Å². The van der Waals surface area contributed by atoms with Gasteiger partial charge in [0, 0.05) is 13.1 Å². The molecule has 9 heteroatoms. The maximum atomic E-state index is 10.9. The van der Waals surface area contributed by atoms with Gasteiger partial charge in [0.1, 0.15) is 6.20 Å². The van der Waals surface area contributed by atoms with Gasteiger partial charge in [0.25, 0.3) is 5.69 Å². The predicted octanol–water partition coefficient (Wildman–Crippen LogP) is 0.469. The molecule has 2 rings (SSSR count). The van der Waals surface area contributed by atoms with Crippen molar-refractivity contribution in [2.45, 2.75) is 12.5 Å². The van der Waals surface area contributed by atoms with E-state index in [9.17, 15) is 25.3 Å². The van der Waals surface area contributed by atoms with Gasteiger partial charge in [0.05, 0.1) is 22.0 Å². The Kier molecular flexibility index (Phi) is 3.06. The van der Waals surface area contributed by atoms with E-state index in [0.29, 0.717) is 13.0 Å². The van der Waals surface area contributed by atoms with Crippen LogP contribution in [0.3, 0.4) is 0 Å². The van der Waals surface area contributed by atoms with Gasteiger partial charge in [-0.3, -0.25) is 20.2 Å². The molecule has 18 heavy (non-hydrogen) atoms. The van der Waals surface area contributed by atoms with E-state index in [0.717, 1.165) is 12.3 Å². The average Bonchev–Trinajstić information content (AvgIpc) is 2.74. The summed E-state index contributed by atoms with van der Waals surface area (Å²) in [5, 5.41) is 30.8. The van der Waals surface area contributed by atoms with Gasteiger partial charge in [-0.05, 0) is 6.42 Å². The third-order valence-electron chi connectivity index (χ3n) is 2.70. The molecule has 1 unspecified atom stereocenters. The summed E-state index contributed by atoms with van der Waals surface area (Å²) in [4.78, 5) is 25.3. The summed E-state index contributed by atoms with van der Waals surface area (Å²) in [5.41, 5.74) is -0.844. The predicted molar refractivity (Wildman–Crippen MR) is 60.4 cm³/mol. The fraction of sp³-hybridized carbons (Fsp3) is 0.444. The molecule has 1 N–H and O–H groups in total. The monoisotopic (exact) mass is 254 g/mol. The second-order valence-electron chi connectivity index (χ2n) is 3.94. The minimum absolute atomic E-state index is 0.0575. The minimum atomic E-state index is -0.734. The number of aromatic nitrogens is 1. The second-order valence-corrected chi connectivity index (χ2v) is 3.94. The average molecular weight is 254 g/mol. The van der Waals surface area contributed by atoms with Crippen molar-refractivity contribution >= 4 is 17.2 Å². The van der Waals surface area contributed by atoms with Crippen molar-refractivity contribution in [2.24, 2.45) is 0 Å². The molecule has 1 aromatic heterocycles. The first-order chi connectivity index (χ1) is 8.49. The molecule has 0 amide bonds. The Bertz CT molecular complexity index is 506. The molecule has 1 fully saturated rings. The van der Waals surface area contributed by atoms with Crippen LogP contribution < -0.4 is 4.90 Å². The maximum absolute atomic E-state index is 10.9. The standard InChI is InChI=1S/C9H10N4O5/c14-7-1-2-11(5-7)9-8(13(17)18)3-6(4-10-9)12(15)16/h3-4,7,14H,1-2,5H2. The molecule has 1 aliphatic rings. The summed E-state index contributed by atoms with van der Waals surface area (Å²) in [6.45, 7) is 0.679. The summed E-state index contributed by atoms with van der Waals surface area (Å²) in [6, 6.07) is 0.882. The molecule has 2 heterocycles. The maximum Gasteiger partial charge on any atom is 0.318 e. The fourth-order valence-electron chi connectivity index (χ4n) is 1.85. The SMILES string of the molecule is O=[N+]([O-])c1cnc(N2CCC(O)C2)c([N+](=O)[O-])c1. The van der Waals surface area contributed by atoms with E-state index in [1.165, 1.54) is 0 Å². The number of rotatable bonds is 3. The summed E-state index contributed by atoms with van der Waals surface area (Å²) in [6.07, 6.45) is 0.921. The van der Waals surface area contributed by atoms with Crippen molar-refractivity contribution in [1.82, 2.24) is 4.98 Å². The van der Waals surface area contributed by atoms with E-state index >= 15 is 0 Å². The van der Waals surface area contributed by atoms with Gasteiger partial charge in [0.2, 0.25) is 5.82 Å². The van der Waals surface area contributed by atoms with Crippen LogP contribution in [-0.4, -0.2) is 39.1 Å². The third-order valence-corrected chi connectivity index (χ3v) is 2.70. The number of hydrogen-bond donors (Lipinski definition) is 1. The zero-order chi connectivity index (χ0) is 13.3. The molecule has 0 bridgehead atoms. The van der Waals surface area contributed by atoms with E-state index in [1.807, 2.05) is 0 Å². The van der Waals surface area contributed by atoms with Gasteiger partial charge in [-0.25, -0.2) is 4.98 Å². The van der Waals surface area contributed by atoms with E-state index in [-0.39, 0.29) is 12.4 Å². The summed E-state index contributed by atoms with van der Waals surface area (Å²) in [5.74, 6) is 0.0575. The van der Waals surface area contributed by atoms with Crippen LogP contribution >= 0.6 is 0 Å². The van der Waals surface area contributed by atoms with E-state index in [1.54, 1.807) is 4.90 Å². The smallest absolute Gasteiger partial charge is 0.318 e. The zero-order valence-corrected chi connectivity index (χ0v) is 9.22. The molecular formula is C9H10N4O5. The zero-order valence-electron chi connectivity index (χ0n) is 9.22. The van der Waals surface area contributed by atoms with Crippen molar-refractivity contribution in [3.63, 3.8) is 0 Å². The highest BCUT2D eigenvalue weighted by Gasteiger charge is 2.29. The Hall–Kier alpha value is -2.29. The molecule has 1 atom stereocenters. The fourth-order valence-corrected chi connectivity index (χ4v) is 1.85. The van der Waals surface area contributed by atoms with Crippen LogP contribution in [0.5, 0.6) is 0 Å². The largest absolute Gasteiger partial charge is 0.391 e. The number of aliphatic hydroxyl groups is 1. The second kappa shape index (κ2) is 4.53. The Morgan fingerprint density at radius 2 is 2.11 bits per heavy atom. The molecule has 1 saturated heterocycles. The van der Waals surface area contributed by atoms with Crippen LogP contribution in [0.1, 0.15) is 6.42 Å². The molecule has 0 aromatic carbocycles. The van der Waals surface area contributed by atoms with E-state index in [4.69, 9.17) is 0 Å². The molecule has 9 nitrogen and oxygen atoms in total.